The van der Waals surface area contributed by atoms with Gasteiger partial charge in [0.05, 0.1) is 7.11 Å². The highest BCUT2D eigenvalue weighted by Crippen LogP contribution is 2.12. The second kappa shape index (κ2) is 5.10. The fraction of sp³-hybridized carbons (Fsp3) is 0.400. The van der Waals surface area contributed by atoms with Crippen molar-refractivity contribution in [3.63, 3.8) is 0 Å². The molecular formula is C10H14ClNO. The molecule has 0 aromatic heterocycles. The normalized spacial score (nSPS) is 12.5. The van der Waals surface area contributed by atoms with Crippen molar-refractivity contribution in [2.75, 3.05) is 7.11 Å². The predicted octanol–water partition coefficient (Wildman–Crippen LogP) is 2.37. The highest BCUT2D eigenvalue weighted by Gasteiger charge is 2.00. The number of halogens is 1. The van der Waals surface area contributed by atoms with E-state index in [1.54, 1.807) is 7.11 Å². The standard InChI is InChI=1S/C10H14ClNO/c1-8(12-11)7-9-3-5-10(13-2)6-4-9/h3-6,8,12H,7H2,1-2H3/t8-/m1/s1. The van der Waals surface area contributed by atoms with E-state index in [0.29, 0.717) is 0 Å². The third-order valence-electron chi connectivity index (χ3n) is 1.89. The summed E-state index contributed by atoms with van der Waals surface area (Å²) in [5.41, 5.74) is 1.25. The number of benzene rings is 1. The molecule has 0 amide bonds. The number of rotatable bonds is 4. The van der Waals surface area contributed by atoms with E-state index in [4.69, 9.17) is 16.5 Å². The Morgan fingerprint density at radius 3 is 2.46 bits per heavy atom. The Morgan fingerprint density at radius 2 is 2.00 bits per heavy atom. The van der Waals surface area contributed by atoms with Crippen LogP contribution < -0.4 is 9.57 Å². The molecule has 0 bridgehead atoms. The van der Waals surface area contributed by atoms with Gasteiger partial charge in [0.2, 0.25) is 0 Å². The van der Waals surface area contributed by atoms with Crippen molar-refractivity contribution in [3.8, 4) is 5.75 Å². The van der Waals surface area contributed by atoms with Crippen LogP contribution in [0.1, 0.15) is 12.5 Å². The summed E-state index contributed by atoms with van der Waals surface area (Å²) in [6.07, 6.45) is 0.924. The molecule has 72 valence electrons. The van der Waals surface area contributed by atoms with Gasteiger partial charge in [0, 0.05) is 6.04 Å². The van der Waals surface area contributed by atoms with Gasteiger partial charge in [-0.05, 0) is 42.8 Å². The van der Waals surface area contributed by atoms with E-state index in [1.807, 2.05) is 31.2 Å². The number of ether oxygens (including phenoxy) is 1. The summed E-state index contributed by atoms with van der Waals surface area (Å²) < 4.78 is 5.06. The molecule has 13 heavy (non-hydrogen) atoms. The first kappa shape index (κ1) is 10.4. The number of nitrogens with one attached hydrogen (secondary N) is 1. The van der Waals surface area contributed by atoms with Crippen LogP contribution in [0.15, 0.2) is 24.3 Å². The van der Waals surface area contributed by atoms with Crippen LogP contribution in [0.4, 0.5) is 0 Å². The Bertz CT molecular complexity index is 248. The zero-order chi connectivity index (χ0) is 9.68. The maximum Gasteiger partial charge on any atom is 0.118 e. The van der Waals surface area contributed by atoms with Crippen molar-refractivity contribution >= 4 is 11.8 Å². The molecule has 0 fully saturated rings. The molecule has 0 unspecified atom stereocenters. The zero-order valence-electron chi connectivity index (χ0n) is 7.88. The lowest BCUT2D eigenvalue weighted by atomic mass is 10.1. The molecule has 3 heteroatoms. The van der Waals surface area contributed by atoms with Crippen LogP contribution in [-0.4, -0.2) is 13.2 Å². The Kier molecular flexibility index (Phi) is 4.06. The van der Waals surface area contributed by atoms with Gasteiger partial charge in [0.25, 0.3) is 0 Å². The van der Waals surface area contributed by atoms with Gasteiger partial charge >= 0.3 is 0 Å². The summed E-state index contributed by atoms with van der Waals surface area (Å²) in [7, 11) is 1.66. The maximum absolute atomic E-state index is 5.49. The van der Waals surface area contributed by atoms with Gasteiger partial charge in [-0.15, -0.1) is 0 Å². The van der Waals surface area contributed by atoms with E-state index in [9.17, 15) is 0 Å². The van der Waals surface area contributed by atoms with E-state index >= 15 is 0 Å². The monoisotopic (exact) mass is 199 g/mol. The van der Waals surface area contributed by atoms with Crippen molar-refractivity contribution in [1.82, 2.24) is 4.84 Å². The number of hydrogen-bond acceptors (Lipinski definition) is 2. The predicted molar refractivity (Wildman–Crippen MR) is 55.1 cm³/mol. The number of hydrogen-bond donors (Lipinski definition) is 1. The van der Waals surface area contributed by atoms with Crippen LogP contribution in [0.3, 0.4) is 0 Å². The molecule has 1 N–H and O–H groups in total. The summed E-state index contributed by atoms with van der Waals surface area (Å²) >= 11 is 5.49. The fourth-order valence-corrected chi connectivity index (χ4v) is 1.23. The zero-order valence-corrected chi connectivity index (χ0v) is 8.64. The molecule has 0 spiro atoms. The first-order chi connectivity index (χ1) is 6.26. The van der Waals surface area contributed by atoms with Gasteiger partial charge in [-0.1, -0.05) is 12.1 Å². The quantitative estimate of drug-likeness (QED) is 0.752. The summed E-state index contributed by atoms with van der Waals surface area (Å²) in [6.45, 7) is 2.04. The lowest BCUT2D eigenvalue weighted by Gasteiger charge is -2.08. The second-order valence-corrected chi connectivity index (χ2v) is 3.28. The minimum absolute atomic E-state index is 0.287. The molecule has 2 nitrogen and oxygen atoms in total. The fourth-order valence-electron chi connectivity index (χ4n) is 1.15. The summed E-state index contributed by atoms with van der Waals surface area (Å²) in [5.74, 6) is 0.884. The van der Waals surface area contributed by atoms with Gasteiger partial charge in [-0.25, -0.2) is 4.84 Å². The topological polar surface area (TPSA) is 21.3 Å². The molecule has 0 aliphatic heterocycles. The molecule has 0 heterocycles. The summed E-state index contributed by atoms with van der Waals surface area (Å²) in [5, 5.41) is 0. The highest BCUT2D eigenvalue weighted by molar-refractivity contribution is 6.13. The van der Waals surface area contributed by atoms with Gasteiger partial charge in [-0.2, -0.15) is 0 Å². The molecule has 0 saturated carbocycles. The largest absolute Gasteiger partial charge is 0.497 e. The molecule has 0 aliphatic rings. The Hall–Kier alpha value is -0.730. The van der Waals surface area contributed by atoms with E-state index in [0.717, 1.165) is 12.2 Å². The van der Waals surface area contributed by atoms with Crippen molar-refractivity contribution < 1.29 is 4.74 Å². The van der Waals surface area contributed by atoms with Gasteiger partial charge in [0.15, 0.2) is 0 Å². The highest BCUT2D eigenvalue weighted by atomic mass is 35.5. The van der Waals surface area contributed by atoms with E-state index in [-0.39, 0.29) is 6.04 Å². The minimum atomic E-state index is 0.287. The molecule has 0 radical (unpaired) electrons. The van der Waals surface area contributed by atoms with Crippen molar-refractivity contribution in [2.45, 2.75) is 19.4 Å². The average molecular weight is 200 g/mol. The van der Waals surface area contributed by atoms with Crippen molar-refractivity contribution in [1.29, 1.82) is 0 Å². The SMILES string of the molecule is COc1ccc(C[C@@H](C)NCl)cc1. The van der Waals surface area contributed by atoms with Crippen LogP contribution in [0.5, 0.6) is 5.75 Å². The van der Waals surface area contributed by atoms with Gasteiger partial charge in [0.1, 0.15) is 5.75 Å². The smallest absolute Gasteiger partial charge is 0.118 e. The van der Waals surface area contributed by atoms with Crippen LogP contribution in [0.25, 0.3) is 0 Å². The third-order valence-corrected chi connectivity index (χ3v) is 2.26. The Balaban J connectivity index is 2.58. The molecule has 1 aromatic rings. The van der Waals surface area contributed by atoms with Gasteiger partial charge < -0.3 is 4.74 Å². The van der Waals surface area contributed by atoms with Crippen LogP contribution in [0, 0.1) is 0 Å². The van der Waals surface area contributed by atoms with Crippen molar-refractivity contribution in [3.05, 3.63) is 29.8 Å². The minimum Gasteiger partial charge on any atom is -0.497 e. The molecule has 0 saturated heterocycles. The summed E-state index contributed by atoms with van der Waals surface area (Å²) in [4.78, 5) is 2.68. The Labute approximate surface area is 84.0 Å². The summed E-state index contributed by atoms with van der Waals surface area (Å²) in [6, 6.07) is 8.29. The molecule has 1 aromatic carbocycles. The molecule has 1 atom stereocenters. The Morgan fingerprint density at radius 1 is 1.38 bits per heavy atom. The maximum atomic E-state index is 5.49. The molecule has 0 aliphatic carbocycles. The van der Waals surface area contributed by atoms with E-state index < -0.39 is 0 Å². The number of methoxy groups -OCH3 is 1. The lowest BCUT2D eigenvalue weighted by Crippen LogP contribution is -2.18. The molecule has 1 rings (SSSR count). The van der Waals surface area contributed by atoms with Gasteiger partial charge in [-0.3, -0.25) is 0 Å². The first-order valence-corrected chi connectivity index (χ1v) is 4.63. The average Bonchev–Trinajstić information content (AvgIpc) is 2.19. The first-order valence-electron chi connectivity index (χ1n) is 4.25. The van der Waals surface area contributed by atoms with Crippen LogP contribution in [0.2, 0.25) is 0 Å². The van der Waals surface area contributed by atoms with Crippen LogP contribution >= 0.6 is 11.8 Å². The van der Waals surface area contributed by atoms with E-state index in [2.05, 4.69) is 4.84 Å². The second-order valence-electron chi connectivity index (χ2n) is 3.06. The van der Waals surface area contributed by atoms with E-state index in [1.165, 1.54) is 5.56 Å². The van der Waals surface area contributed by atoms with Crippen molar-refractivity contribution in [2.24, 2.45) is 0 Å². The molecular weight excluding hydrogens is 186 g/mol. The lowest BCUT2D eigenvalue weighted by molar-refractivity contribution is 0.414. The third kappa shape index (κ3) is 3.25. The van der Waals surface area contributed by atoms with Crippen LogP contribution in [-0.2, 0) is 6.42 Å².